The van der Waals surface area contributed by atoms with E-state index in [0.29, 0.717) is 51.1 Å². The smallest absolute Gasteiger partial charge is 0.374 e. The van der Waals surface area contributed by atoms with Crippen molar-refractivity contribution in [3.05, 3.63) is 17.9 Å². The lowest BCUT2D eigenvalue weighted by atomic mass is 10.0. The molecule has 33 heavy (non-hydrogen) atoms. The molecule has 2 fully saturated rings. The Labute approximate surface area is 194 Å². The highest BCUT2D eigenvalue weighted by Gasteiger charge is 2.42. The molecule has 0 saturated carbocycles. The number of esters is 1. The molecule has 1 N–H and O–H groups in total. The van der Waals surface area contributed by atoms with Crippen molar-refractivity contribution in [2.45, 2.75) is 70.1 Å². The van der Waals surface area contributed by atoms with Crippen LogP contribution in [0.2, 0.25) is 0 Å². The number of nitrogens with one attached hydrogen (secondary N) is 1. The van der Waals surface area contributed by atoms with E-state index in [1.807, 2.05) is 18.7 Å². The second kappa shape index (κ2) is 10.7. The van der Waals surface area contributed by atoms with Crippen molar-refractivity contribution in [3.8, 4) is 0 Å². The van der Waals surface area contributed by atoms with E-state index in [-0.39, 0.29) is 41.9 Å². The summed E-state index contributed by atoms with van der Waals surface area (Å²) in [5.74, 6) is -0.862. The summed E-state index contributed by atoms with van der Waals surface area (Å²) in [6, 6.07) is 1.51. The molecule has 11 heteroatoms. The van der Waals surface area contributed by atoms with Crippen LogP contribution in [0.25, 0.3) is 0 Å². The third-order valence-corrected chi connectivity index (χ3v) is 7.69. The Balaban J connectivity index is 1.60. The molecule has 3 rings (SSSR count). The van der Waals surface area contributed by atoms with Crippen LogP contribution in [0.15, 0.2) is 21.6 Å². The number of carbonyl (C=O) groups excluding carboxylic acids is 3. The highest BCUT2D eigenvalue weighted by Crippen LogP contribution is 2.28. The van der Waals surface area contributed by atoms with Crippen molar-refractivity contribution < 1.29 is 32.0 Å². The average molecular weight is 484 g/mol. The summed E-state index contributed by atoms with van der Waals surface area (Å²) < 4.78 is 37.4. The van der Waals surface area contributed by atoms with Crippen LogP contribution in [0, 0.1) is 5.92 Å². The van der Waals surface area contributed by atoms with Crippen LogP contribution in [0.1, 0.15) is 63.4 Å². The van der Waals surface area contributed by atoms with E-state index in [9.17, 15) is 22.8 Å². The van der Waals surface area contributed by atoms with Crippen molar-refractivity contribution in [3.63, 3.8) is 0 Å². The van der Waals surface area contributed by atoms with Gasteiger partial charge >= 0.3 is 5.97 Å². The van der Waals surface area contributed by atoms with E-state index in [4.69, 9.17) is 9.15 Å². The molecule has 0 aliphatic carbocycles. The Morgan fingerprint density at radius 2 is 1.85 bits per heavy atom. The second-order valence-electron chi connectivity index (χ2n) is 8.87. The molecule has 2 aliphatic rings. The van der Waals surface area contributed by atoms with Gasteiger partial charge in [-0.3, -0.25) is 9.59 Å². The molecule has 1 unspecified atom stereocenters. The lowest BCUT2D eigenvalue weighted by molar-refractivity contribution is -0.133. The molecular formula is C22H33N3O7S. The van der Waals surface area contributed by atoms with Crippen molar-refractivity contribution in [1.82, 2.24) is 14.5 Å². The monoisotopic (exact) mass is 483 g/mol. The van der Waals surface area contributed by atoms with Gasteiger partial charge in [0.15, 0.2) is 0 Å². The van der Waals surface area contributed by atoms with Crippen LogP contribution in [0.5, 0.6) is 0 Å². The van der Waals surface area contributed by atoms with Gasteiger partial charge in [-0.1, -0.05) is 13.8 Å². The largest absolute Gasteiger partial charge is 0.460 e. The lowest BCUT2D eigenvalue weighted by Gasteiger charge is -2.34. The van der Waals surface area contributed by atoms with E-state index >= 15 is 0 Å². The maximum absolute atomic E-state index is 13.1. The number of ether oxygens (including phenoxy) is 1. The van der Waals surface area contributed by atoms with Gasteiger partial charge in [-0.15, -0.1) is 0 Å². The Morgan fingerprint density at radius 3 is 2.48 bits per heavy atom. The first kappa shape index (κ1) is 25.2. The van der Waals surface area contributed by atoms with E-state index in [1.54, 1.807) is 6.92 Å². The Morgan fingerprint density at radius 1 is 1.15 bits per heavy atom. The van der Waals surface area contributed by atoms with E-state index in [0.717, 1.165) is 4.31 Å². The molecule has 1 aromatic rings. The lowest BCUT2D eigenvalue weighted by Crippen LogP contribution is -2.52. The third kappa shape index (κ3) is 5.94. The second-order valence-corrected chi connectivity index (χ2v) is 10.7. The average Bonchev–Trinajstić information content (AvgIpc) is 3.45. The molecule has 0 spiro atoms. The van der Waals surface area contributed by atoms with Crippen LogP contribution in [-0.2, 0) is 24.3 Å². The number of furan rings is 1. The van der Waals surface area contributed by atoms with Gasteiger partial charge in [0, 0.05) is 32.1 Å². The Bertz CT molecular complexity index is 964. The molecule has 0 aromatic carbocycles. The maximum atomic E-state index is 13.1. The Hall–Kier alpha value is -2.40. The fourth-order valence-corrected chi connectivity index (χ4v) is 5.80. The fraction of sp³-hybridized carbons (Fsp3) is 0.682. The quantitative estimate of drug-likeness (QED) is 0.558. The molecular weight excluding hydrogens is 450 g/mol. The van der Waals surface area contributed by atoms with E-state index in [1.165, 1.54) is 12.1 Å². The third-order valence-electron chi connectivity index (χ3n) is 5.90. The van der Waals surface area contributed by atoms with Gasteiger partial charge in [0.2, 0.25) is 22.7 Å². The predicted molar refractivity (Wildman–Crippen MR) is 119 cm³/mol. The van der Waals surface area contributed by atoms with Gasteiger partial charge in [-0.2, -0.15) is 4.31 Å². The van der Waals surface area contributed by atoms with Gasteiger partial charge in [0.05, 0.1) is 6.61 Å². The molecule has 10 nitrogen and oxygen atoms in total. The summed E-state index contributed by atoms with van der Waals surface area (Å²) in [4.78, 5) is 38.8. The zero-order valence-electron chi connectivity index (χ0n) is 19.4. The Kier molecular flexibility index (Phi) is 8.17. The standard InChI is InChI=1S/C22H33N3O7S/c1-4-31-22(28)18-7-8-20(32-18)33(29,30)25-11-5-6-17(25)21(27)23-16-9-12-24(13-10-16)19(26)14-15(2)3/h7-8,15-17H,4-6,9-14H2,1-3H3,(H,23,27). The van der Waals surface area contributed by atoms with Crippen LogP contribution >= 0.6 is 0 Å². The van der Waals surface area contributed by atoms with Crippen molar-refractivity contribution >= 4 is 27.8 Å². The van der Waals surface area contributed by atoms with Gasteiger partial charge in [-0.25, -0.2) is 13.2 Å². The first-order valence-electron chi connectivity index (χ1n) is 11.5. The van der Waals surface area contributed by atoms with E-state index < -0.39 is 22.0 Å². The SMILES string of the molecule is CCOC(=O)c1ccc(S(=O)(=O)N2CCCC2C(=O)NC2CCN(C(=O)CC(C)C)CC2)o1. The van der Waals surface area contributed by atoms with Crippen molar-refractivity contribution in [1.29, 1.82) is 0 Å². The number of likely N-dealkylation sites (tertiary alicyclic amines) is 1. The molecule has 1 atom stereocenters. The van der Waals surface area contributed by atoms with Crippen molar-refractivity contribution in [2.75, 3.05) is 26.2 Å². The molecule has 2 aliphatic heterocycles. The summed E-state index contributed by atoms with van der Waals surface area (Å²) in [5.41, 5.74) is 0. The molecule has 2 saturated heterocycles. The number of carbonyl (C=O) groups is 3. The summed E-state index contributed by atoms with van der Waals surface area (Å²) in [6.45, 7) is 7.13. The van der Waals surface area contributed by atoms with Crippen LogP contribution in [0.4, 0.5) is 0 Å². The van der Waals surface area contributed by atoms with Crippen LogP contribution in [0.3, 0.4) is 0 Å². The van der Waals surface area contributed by atoms with Gasteiger partial charge in [0.1, 0.15) is 6.04 Å². The number of sulfonamides is 1. The highest BCUT2D eigenvalue weighted by atomic mass is 32.2. The molecule has 1 aromatic heterocycles. The molecule has 184 valence electrons. The summed E-state index contributed by atoms with van der Waals surface area (Å²) in [5, 5.41) is 2.58. The number of hydrogen-bond acceptors (Lipinski definition) is 7. The highest BCUT2D eigenvalue weighted by molar-refractivity contribution is 7.89. The molecule has 3 heterocycles. The summed E-state index contributed by atoms with van der Waals surface area (Å²) in [6.07, 6.45) is 2.73. The first-order valence-corrected chi connectivity index (χ1v) is 12.9. The zero-order chi connectivity index (χ0) is 24.2. The van der Waals surface area contributed by atoms with Gasteiger partial charge in [0.25, 0.3) is 10.0 Å². The summed E-state index contributed by atoms with van der Waals surface area (Å²) in [7, 11) is -4.09. The maximum Gasteiger partial charge on any atom is 0.374 e. The minimum atomic E-state index is -4.09. The van der Waals surface area contributed by atoms with Gasteiger partial charge in [-0.05, 0) is 50.7 Å². The minimum Gasteiger partial charge on any atom is -0.460 e. The van der Waals surface area contributed by atoms with Crippen molar-refractivity contribution in [2.24, 2.45) is 5.92 Å². The molecule has 2 amide bonds. The fourth-order valence-electron chi connectivity index (χ4n) is 4.23. The normalized spacial score (nSPS) is 20.2. The van der Waals surface area contributed by atoms with Crippen LogP contribution < -0.4 is 5.32 Å². The zero-order valence-corrected chi connectivity index (χ0v) is 20.2. The van der Waals surface area contributed by atoms with Gasteiger partial charge < -0.3 is 19.4 Å². The molecule has 0 bridgehead atoms. The number of rotatable bonds is 8. The van der Waals surface area contributed by atoms with Crippen LogP contribution in [-0.4, -0.2) is 73.7 Å². The number of hydrogen-bond donors (Lipinski definition) is 1. The summed E-state index contributed by atoms with van der Waals surface area (Å²) >= 11 is 0. The predicted octanol–water partition coefficient (Wildman–Crippen LogP) is 1.76. The molecule has 0 radical (unpaired) electrons. The first-order chi connectivity index (χ1) is 15.6. The topological polar surface area (TPSA) is 126 Å². The number of nitrogens with zero attached hydrogens (tertiary/aromatic N) is 2. The number of amides is 2. The number of piperidine rings is 1. The van der Waals surface area contributed by atoms with E-state index in [2.05, 4.69) is 5.32 Å². The minimum absolute atomic E-state index is 0.107.